The molecule has 0 aliphatic carbocycles. The van der Waals surface area contributed by atoms with Crippen LogP contribution in [0.5, 0.6) is 0 Å². The molecule has 3 rings (SSSR count). The van der Waals surface area contributed by atoms with Crippen molar-refractivity contribution in [3.8, 4) is 11.7 Å². The summed E-state index contributed by atoms with van der Waals surface area (Å²) in [6.07, 6.45) is 5.30. The summed E-state index contributed by atoms with van der Waals surface area (Å²) in [5, 5.41) is 15.6. The maximum absolute atomic E-state index is 5.55. The largest absolute Gasteiger partial charge is 0.459 e. The zero-order chi connectivity index (χ0) is 14.7. The Hall–Kier alpha value is -2.41. The highest BCUT2D eigenvalue weighted by atomic mass is 16.4. The average molecular weight is 287 g/mol. The molecule has 0 amide bonds. The molecular formula is C14H17N5O2. The third-order valence-electron chi connectivity index (χ3n) is 3.44. The van der Waals surface area contributed by atoms with E-state index in [0.717, 1.165) is 0 Å². The highest BCUT2D eigenvalue weighted by Crippen LogP contribution is 2.18. The third kappa shape index (κ3) is 3.03. The summed E-state index contributed by atoms with van der Waals surface area (Å²) >= 11 is 0. The number of aromatic nitrogens is 4. The minimum atomic E-state index is 0.212. The molecule has 1 N–H and O–H groups in total. The van der Waals surface area contributed by atoms with Crippen molar-refractivity contribution in [2.75, 3.05) is 0 Å². The molecule has 0 saturated carbocycles. The van der Waals surface area contributed by atoms with Gasteiger partial charge in [0.25, 0.3) is 5.89 Å². The molecule has 0 fully saturated rings. The van der Waals surface area contributed by atoms with Crippen molar-refractivity contribution in [2.45, 2.75) is 32.5 Å². The summed E-state index contributed by atoms with van der Waals surface area (Å²) < 4.78 is 12.7. The van der Waals surface area contributed by atoms with Crippen LogP contribution >= 0.6 is 0 Å². The third-order valence-corrected chi connectivity index (χ3v) is 3.44. The Morgan fingerprint density at radius 2 is 2.19 bits per heavy atom. The fourth-order valence-electron chi connectivity index (χ4n) is 1.99. The molecule has 0 aliphatic rings. The summed E-state index contributed by atoms with van der Waals surface area (Å²) in [4.78, 5) is 0. The van der Waals surface area contributed by atoms with E-state index in [-0.39, 0.29) is 12.1 Å². The van der Waals surface area contributed by atoms with Gasteiger partial charge in [0.05, 0.1) is 18.8 Å². The molecule has 0 aromatic carbocycles. The number of furan rings is 1. The van der Waals surface area contributed by atoms with Crippen LogP contribution < -0.4 is 5.32 Å². The highest BCUT2D eigenvalue weighted by Gasteiger charge is 2.16. The number of hydrogen-bond acceptors (Lipinski definition) is 6. The summed E-state index contributed by atoms with van der Waals surface area (Å²) in [6.45, 7) is 4.70. The monoisotopic (exact) mass is 287 g/mol. The maximum atomic E-state index is 5.55. The molecule has 110 valence electrons. The Kier molecular flexibility index (Phi) is 3.83. The van der Waals surface area contributed by atoms with Gasteiger partial charge < -0.3 is 14.2 Å². The molecule has 0 unspecified atom stereocenters. The summed E-state index contributed by atoms with van der Waals surface area (Å²) in [7, 11) is 0. The van der Waals surface area contributed by atoms with Crippen molar-refractivity contribution >= 4 is 0 Å². The first-order valence-electron chi connectivity index (χ1n) is 6.83. The first-order chi connectivity index (χ1) is 10.2. The van der Waals surface area contributed by atoms with Crippen LogP contribution in [-0.2, 0) is 6.54 Å². The summed E-state index contributed by atoms with van der Waals surface area (Å²) in [5.41, 5.74) is 0. The van der Waals surface area contributed by atoms with Crippen LogP contribution in [0, 0.1) is 0 Å². The van der Waals surface area contributed by atoms with Crippen molar-refractivity contribution in [2.24, 2.45) is 0 Å². The maximum Gasteiger partial charge on any atom is 0.283 e. The smallest absolute Gasteiger partial charge is 0.283 e. The van der Waals surface area contributed by atoms with Gasteiger partial charge in [-0.1, -0.05) is 0 Å². The van der Waals surface area contributed by atoms with Gasteiger partial charge in [0.15, 0.2) is 5.76 Å². The normalized spacial score (nSPS) is 14.2. The first-order valence-corrected chi connectivity index (χ1v) is 6.83. The van der Waals surface area contributed by atoms with Crippen LogP contribution in [0.2, 0.25) is 0 Å². The Morgan fingerprint density at radius 1 is 1.29 bits per heavy atom. The SMILES string of the molecule is C[C@H](NCc1nnc(-c2ccco2)o1)[C@@H](C)n1cccn1. The topological polar surface area (TPSA) is 81.9 Å². The molecule has 7 heteroatoms. The first kappa shape index (κ1) is 13.6. The fourth-order valence-corrected chi connectivity index (χ4v) is 1.99. The molecule has 3 aromatic rings. The van der Waals surface area contributed by atoms with Gasteiger partial charge in [-0.3, -0.25) is 4.68 Å². The highest BCUT2D eigenvalue weighted by molar-refractivity contribution is 5.42. The average Bonchev–Trinajstić information content (AvgIpc) is 3.25. The second-order valence-corrected chi connectivity index (χ2v) is 4.87. The number of hydrogen-bond donors (Lipinski definition) is 1. The van der Waals surface area contributed by atoms with Crippen LogP contribution in [0.3, 0.4) is 0 Å². The molecule has 3 heterocycles. The molecule has 0 bridgehead atoms. The Balaban J connectivity index is 1.58. The lowest BCUT2D eigenvalue weighted by molar-refractivity contribution is 0.348. The van der Waals surface area contributed by atoms with Crippen LogP contribution in [0.4, 0.5) is 0 Å². The predicted molar refractivity (Wildman–Crippen MR) is 75.2 cm³/mol. The van der Waals surface area contributed by atoms with Crippen molar-refractivity contribution in [3.63, 3.8) is 0 Å². The second kappa shape index (κ2) is 5.92. The van der Waals surface area contributed by atoms with E-state index in [4.69, 9.17) is 8.83 Å². The summed E-state index contributed by atoms with van der Waals surface area (Å²) in [5.74, 6) is 1.50. The van der Waals surface area contributed by atoms with E-state index >= 15 is 0 Å². The van der Waals surface area contributed by atoms with E-state index in [1.165, 1.54) is 0 Å². The molecule has 0 spiro atoms. The molecule has 0 radical (unpaired) electrons. The van der Waals surface area contributed by atoms with Gasteiger partial charge in [0, 0.05) is 18.4 Å². The van der Waals surface area contributed by atoms with Crippen molar-refractivity contribution in [3.05, 3.63) is 42.7 Å². The zero-order valence-corrected chi connectivity index (χ0v) is 11.9. The Bertz CT molecular complexity index is 659. The van der Waals surface area contributed by atoms with Crippen LogP contribution in [-0.4, -0.2) is 26.0 Å². The van der Waals surface area contributed by atoms with Gasteiger partial charge in [-0.2, -0.15) is 5.10 Å². The lowest BCUT2D eigenvalue weighted by Gasteiger charge is -2.20. The molecule has 7 nitrogen and oxygen atoms in total. The van der Waals surface area contributed by atoms with Gasteiger partial charge in [0.2, 0.25) is 5.89 Å². The lowest BCUT2D eigenvalue weighted by Crippen LogP contribution is -2.33. The Labute approximate surface area is 122 Å². The van der Waals surface area contributed by atoms with Crippen LogP contribution in [0.25, 0.3) is 11.7 Å². The van der Waals surface area contributed by atoms with Gasteiger partial charge in [0.1, 0.15) is 0 Å². The van der Waals surface area contributed by atoms with E-state index < -0.39 is 0 Å². The fraction of sp³-hybridized carbons (Fsp3) is 0.357. The van der Waals surface area contributed by atoms with Crippen molar-refractivity contribution < 1.29 is 8.83 Å². The minimum Gasteiger partial charge on any atom is -0.459 e. The second-order valence-electron chi connectivity index (χ2n) is 4.87. The molecule has 3 aromatic heterocycles. The van der Waals surface area contributed by atoms with E-state index in [1.54, 1.807) is 24.6 Å². The standard InChI is InChI=1S/C14H17N5O2/c1-10(11(2)19-7-4-6-16-19)15-9-13-17-18-14(21-13)12-5-3-8-20-12/h3-8,10-11,15H,9H2,1-2H3/t10-,11+/m0/s1. The van der Waals surface area contributed by atoms with Crippen LogP contribution in [0.15, 0.2) is 45.7 Å². The molecule has 21 heavy (non-hydrogen) atoms. The predicted octanol–water partition coefficient (Wildman–Crippen LogP) is 2.27. The Morgan fingerprint density at radius 3 is 2.90 bits per heavy atom. The van der Waals surface area contributed by atoms with Gasteiger partial charge in [-0.25, -0.2) is 0 Å². The van der Waals surface area contributed by atoms with Gasteiger partial charge in [-0.05, 0) is 32.0 Å². The van der Waals surface area contributed by atoms with Crippen LogP contribution in [0.1, 0.15) is 25.8 Å². The van der Waals surface area contributed by atoms with Gasteiger partial charge >= 0.3 is 0 Å². The molecule has 0 aliphatic heterocycles. The summed E-state index contributed by atoms with van der Waals surface area (Å²) in [6, 6.07) is 5.92. The van der Waals surface area contributed by atoms with E-state index in [0.29, 0.717) is 24.1 Å². The minimum absolute atomic E-state index is 0.212. The number of rotatable bonds is 6. The molecule has 0 saturated heterocycles. The molecular weight excluding hydrogens is 270 g/mol. The van der Waals surface area contributed by atoms with E-state index in [1.807, 2.05) is 16.9 Å². The lowest BCUT2D eigenvalue weighted by atomic mass is 10.2. The van der Waals surface area contributed by atoms with Gasteiger partial charge in [-0.15, -0.1) is 10.2 Å². The number of nitrogens with zero attached hydrogens (tertiary/aromatic N) is 4. The van der Waals surface area contributed by atoms with E-state index in [9.17, 15) is 0 Å². The van der Waals surface area contributed by atoms with E-state index in [2.05, 4.69) is 34.5 Å². The number of nitrogens with one attached hydrogen (secondary N) is 1. The van der Waals surface area contributed by atoms with Crippen molar-refractivity contribution in [1.29, 1.82) is 0 Å². The zero-order valence-electron chi connectivity index (χ0n) is 11.9. The molecule has 2 atom stereocenters. The van der Waals surface area contributed by atoms with Crippen molar-refractivity contribution in [1.82, 2.24) is 25.3 Å². The quantitative estimate of drug-likeness (QED) is 0.749.